The summed E-state index contributed by atoms with van der Waals surface area (Å²) in [7, 11) is 0. The van der Waals surface area contributed by atoms with Gasteiger partial charge in [-0.25, -0.2) is 0 Å². The average molecular weight is 180 g/mol. The van der Waals surface area contributed by atoms with Crippen LogP contribution in [0.1, 0.15) is 33.1 Å². The maximum absolute atomic E-state index is 11.9. The van der Waals surface area contributed by atoms with Crippen molar-refractivity contribution in [2.24, 2.45) is 5.92 Å². The predicted molar refractivity (Wildman–Crippen MR) is 43.9 cm³/mol. The van der Waals surface area contributed by atoms with E-state index in [-0.39, 0.29) is 6.42 Å². The number of hydrogen-bond donors (Lipinski definition) is 0. The number of hydrogen-bond acceptors (Lipinski definition) is 0. The summed E-state index contributed by atoms with van der Waals surface area (Å²) in [4.78, 5) is 0. The SMILES string of the molecule is C/C=C/CCCC(C)C(F)(F)F. The zero-order valence-electron chi connectivity index (χ0n) is 7.49. The Morgan fingerprint density at radius 2 is 1.92 bits per heavy atom. The second-order valence-corrected chi connectivity index (χ2v) is 2.94. The number of unbranched alkanes of at least 4 members (excludes halogenated alkanes) is 1. The van der Waals surface area contributed by atoms with Crippen LogP contribution in [0.4, 0.5) is 13.2 Å². The molecule has 0 nitrogen and oxygen atoms in total. The molecule has 1 atom stereocenters. The Hall–Kier alpha value is -0.470. The molecular formula is C9H15F3. The summed E-state index contributed by atoms with van der Waals surface area (Å²) >= 11 is 0. The van der Waals surface area contributed by atoms with Crippen LogP contribution >= 0.6 is 0 Å². The van der Waals surface area contributed by atoms with E-state index in [0.29, 0.717) is 6.42 Å². The molecule has 0 aromatic carbocycles. The van der Waals surface area contributed by atoms with Crippen molar-refractivity contribution in [3.63, 3.8) is 0 Å². The van der Waals surface area contributed by atoms with Crippen LogP contribution in [-0.2, 0) is 0 Å². The zero-order chi connectivity index (χ0) is 9.61. The first-order valence-electron chi connectivity index (χ1n) is 4.16. The van der Waals surface area contributed by atoms with Crippen LogP contribution in [0, 0.1) is 5.92 Å². The molecule has 0 spiro atoms. The minimum Gasteiger partial charge on any atom is -0.171 e. The molecule has 12 heavy (non-hydrogen) atoms. The molecule has 0 fully saturated rings. The Morgan fingerprint density at radius 3 is 2.33 bits per heavy atom. The maximum Gasteiger partial charge on any atom is 0.391 e. The molecule has 0 aliphatic rings. The number of alkyl halides is 3. The van der Waals surface area contributed by atoms with Gasteiger partial charge in [-0.15, -0.1) is 0 Å². The molecule has 0 aliphatic carbocycles. The van der Waals surface area contributed by atoms with Gasteiger partial charge in [-0.2, -0.15) is 13.2 Å². The lowest BCUT2D eigenvalue weighted by molar-refractivity contribution is -0.171. The molecule has 0 aromatic rings. The van der Waals surface area contributed by atoms with E-state index >= 15 is 0 Å². The summed E-state index contributed by atoms with van der Waals surface area (Å²) in [5.41, 5.74) is 0. The zero-order valence-corrected chi connectivity index (χ0v) is 7.49. The highest BCUT2D eigenvalue weighted by atomic mass is 19.4. The van der Waals surface area contributed by atoms with Crippen LogP contribution in [-0.4, -0.2) is 6.18 Å². The van der Waals surface area contributed by atoms with Gasteiger partial charge in [-0.05, 0) is 26.2 Å². The first kappa shape index (κ1) is 11.5. The first-order chi connectivity index (χ1) is 5.48. The van der Waals surface area contributed by atoms with Crippen LogP contribution in [0.2, 0.25) is 0 Å². The summed E-state index contributed by atoms with van der Waals surface area (Å²) in [5.74, 6) is -1.16. The third-order valence-electron chi connectivity index (χ3n) is 1.80. The Kier molecular flexibility index (Phi) is 5.02. The van der Waals surface area contributed by atoms with Crippen LogP contribution in [0.3, 0.4) is 0 Å². The molecule has 0 radical (unpaired) electrons. The fraction of sp³-hybridized carbons (Fsp3) is 0.778. The molecule has 1 unspecified atom stereocenters. The van der Waals surface area contributed by atoms with E-state index in [4.69, 9.17) is 0 Å². The fourth-order valence-electron chi connectivity index (χ4n) is 0.872. The van der Waals surface area contributed by atoms with Crippen LogP contribution in [0.25, 0.3) is 0 Å². The van der Waals surface area contributed by atoms with Gasteiger partial charge in [-0.1, -0.05) is 19.1 Å². The predicted octanol–water partition coefficient (Wildman–Crippen LogP) is 3.93. The highest BCUT2D eigenvalue weighted by molar-refractivity contribution is 4.77. The highest BCUT2D eigenvalue weighted by Gasteiger charge is 2.34. The summed E-state index contributed by atoms with van der Waals surface area (Å²) in [5, 5.41) is 0. The lowest BCUT2D eigenvalue weighted by atomic mass is 10.0. The second kappa shape index (κ2) is 5.22. The Labute approximate surface area is 71.5 Å². The molecule has 0 bridgehead atoms. The molecule has 0 amide bonds. The second-order valence-electron chi connectivity index (χ2n) is 2.94. The summed E-state index contributed by atoms with van der Waals surface area (Å²) in [6, 6.07) is 0. The summed E-state index contributed by atoms with van der Waals surface area (Å²) < 4.78 is 35.8. The summed E-state index contributed by atoms with van der Waals surface area (Å²) in [6.07, 6.45) is 1.33. The lowest BCUT2D eigenvalue weighted by Gasteiger charge is -2.14. The Morgan fingerprint density at radius 1 is 1.33 bits per heavy atom. The topological polar surface area (TPSA) is 0 Å². The van der Waals surface area contributed by atoms with Crippen molar-refractivity contribution in [3.05, 3.63) is 12.2 Å². The van der Waals surface area contributed by atoms with Gasteiger partial charge in [0.25, 0.3) is 0 Å². The smallest absolute Gasteiger partial charge is 0.171 e. The molecule has 0 aliphatic heterocycles. The van der Waals surface area contributed by atoms with Crippen molar-refractivity contribution in [1.82, 2.24) is 0 Å². The molecular weight excluding hydrogens is 165 g/mol. The normalized spacial score (nSPS) is 15.4. The van der Waals surface area contributed by atoms with Gasteiger partial charge in [0.05, 0.1) is 5.92 Å². The molecule has 0 saturated heterocycles. The molecule has 3 heteroatoms. The standard InChI is InChI=1S/C9H15F3/c1-3-4-5-6-7-8(2)9(10,11)12/h3-4,8H,5-7H2,1-2H3/b4-3+. The lowest BCUT2D eigenvalue weighted by Crippen LogP contribution is -2.19. The van der Waals surface area contributed by atoms with E-state index in [1.165, 1.54) is 6.92 Å². The highest BCUT2D eigenvalue weighted by Crippen LogP contribution is 2.29. The molecule has 0 heterocycles. The minimum absolute atomic E-state index is 0.230. The van der Waals surface area contributed by atoms with Gasteiger partial charge in [0.15, 0.2) is 0 Å². The third-order valence-corrected chi connectivity index (χ3v) is 1.80. The molecule has 72 valence electrons. The van der Waals surface area contributed by atoms with Crippen molar-refractivity contribution in [2.75, 3.05) is 0 Å². The van der Waals surface area contributed by atoms with Crippen molar-refractivity contribution in [1.29, 1.82) is 0 Å². The van der Waals surface area contributed by atoms with Gasteiger partial charge in [0.2, 0.25) is 0 Å². The van der Waals surface area contributed by atoms with Gasteiger partial charge in [0.1, 0.15) is 0 Å². The largest absolute Gasteiger partial charge is 0.391 e. The van der Waals surface area contributed by atoms with E-state index < -0.39 is 12.1 Å². The maximum atomic E-state index is 11.9. The molecule has 0 rings (SSSR count). The van der Waals surface area contributed by atoms with Gasteiger partial charge in [-0.3, -0.25) is 0 Å². The average Bonchev–Trinajstić information content (AvgIpc) is 1.96. The van der Waals surface area contributed by atoms with E-state index in [9.17, 15) is 13.2 Å². The van der Waals surface area contributed by atoms with Crippen molar-refractivity contribution < 1.29 is 13.2 Å². The monoisotopic (exact) mass is 180 g/mol. The van der Waals surface area contributed by atoms with E-state index in [0.717, 1.165) is 6.42 Å². The van der Waals surface area contributed by atoms with E-state index in [1.54, 1.807) is 0 Å². The molecule has 0 saturated carbocycles. The number of halogens is 3. The van der Waals surface area contributed by atoms with Gasteiger partial charge in [0, 0.05) is 0 Å². The van der Waals surface area contributed by atoms with E-state index in [1.807, 2.05) is 19.1 Å². The molecule has 0 N–H and O–H groups in total. The van der Waals surface area contributed by atoms with Crippen molar-refractivity contribution in [2.45, 2.75) is 39.3 Å². The first-order valence-corrected chi connectivity index (χ1v) is 4.16. The van der Waals surface area contributed by atoms with Gasteiger partial charge >= 0.3 is 6.18 Å². The molecule has 0 aromatic heterocycles. The van der Waals surface area contributed by atoms with E-state index in [2.05, 4.69) is 0 Å². The van der Waals surface area contributed by atoms with Crippen molar-refractivity contribution in [3.8, 4) is 0 Å². The number of allylic oxidation sites excluding steroid dienone is 2. The Balaban J connectivity index is 3.51. The van der Waals surface area contributed by atoms with Gasteiger partial charge < -0.3 is 0 Å². The third kappa shape index (κ3) is 5.22. The Bertz CT molecular complexity index is 135. The minimum atomic E-state index is -4.02. The quantitative estimate of drug-likeness (QED) is 0.454. The number of rotatable bonds is 4. The van der Waals surface area contributed by atoms with Crippen LogP contribution in [0.15, 0.2) is 12.2 Å². The van der Waals surface area contributed by atoms with Crippen LogP contribution in [0.5, 0.6) is 0 Å². The summed E-state index contributed by atoms with van der Waals surface area (Å²) in [6.45, 7) is 3.10. The van der Waals surface area contributed by atoms with Crippen molar-refractivity contribution >= 4 is 0 Å². The fourth-order valence-corrected chi connectivity index (χ4v) is 0.872. The van der Waals surface area contributed by atoms with Crippen LogP contribution < -0.4 is 0 Å².